The number of hydrogen-bond donors (Lipinski definition) is 0. The molecule has 0 bridgehead atoms. The smallest absolute Gasteiger partial charge is 0.126 e. The molecule has 1 aliphatic heterocycles. The molecule has 0 N–H and O–H groups in total. The van der Waals surface area contributed by atoms with Crippen LogP contribution in [0, 0.1) is 0 Å². The van der Waals surface area contributed by atoms with Gasteiger partial charge in [-0.05, 0) is 48.4 Å². The number of methoxy groups -OCH3 is 2. The van der Waals surface area contributed by atoms with Crippen LogP contribution in [0.15, 0.2) is 77.6 Å². The summed E-state index contributed by atoms with van der Waals surface area (Å²) in [7, 11) is 3.32. The summed E-state index contributed by atoms with van der Waals surface area (Å²) in [6, 6.07) is 11.5. The van der Waals surface area contributed by atoms with Gasteiger partial charge in [-0.25, -0.2) is 0 Å². The molecule has 140 valence electrons. The molecule has 0 saturated heterocycles. The first-order valence-corrected chi connectivity index (χ1v) is 9.05. The summed E-state index contributed by atoms with van der Waals surface area (Å²) < 4.78 is 10.7. The molecule has 27 heavy (non-hydrogen) atoms. The zero-order valence-electron chi connectivity index (χ0n) is 16.3. The maximum Gasteiger partial charge on any atom is 0.126 e. The Kier molecular flexibility index (Phi) is 8.04. The second-order valence-electron chi connectivity index (χ2n) is 5.48. The van der Waals surface area contributed by atoms with E-state index in [1.807, 2.05) is 74.7 Å². The molecule has 0 saturated carbocycles. The fraction of sp³-hybridized carbons (Fsp3) is 0.217. The molecule has 0 radical (unpaired) electrons. The second-order valence-corrected chi connectivity index (χ2v) is 5.48. The first-order chi connectivity index (χ1) is 13.3. The molecule has 0 unspecified atom stereocenters. The number of ether oxygens (including phenoxy) is 2. The van der Waals surface area contributed by atoms with Gasteiger partial charge in [0.2, 0.25) is 0 Å². The van der Waals surface area contributed by atoms with Crippen LogP contribution in [-0.4, -0.2) is 24.9 Å². The van der Waals surface area contributed by atoms with E-state index in [0.717, 1.165) is 40.5 Å². The van der Waals surface area contributed by atoms with Gasteiger partial charge in [-0.15, -0.1) is 0 Å². The third kappa shape index (κ3) is 5.68. The van der Waals surface area contributed by atoms with Crippen molar-refractivity contribution >= 4 is 11.8 Å². The van der Waals surface area contributed by atoms with Gasteiger partial charge in [-0.3, -0.25) is 9.98 Å². The molecule has 4 nitrogen and oxygen atoms in total. The third-order valence-corrected chi connectivity index (χ3v) is 3.84. The second kappa shape index (κ2) is 10.8. The van der Waals surface area contributed by atoms with Crippen LogP contribution in [0.4, 0.5) is 0 Å². The number of allylic oxidation sites excluding steroid dienone is 4. The van der Waals surface area contributed by atoms with Crippen molar-refractivity contribution in [1.82, 2.24) is 4.98 Å². The Morgan fingerprint density at radius 3 is 2.56 bits per heavy atom. The summed E-state index contributed by atoms with van der Waals surface area (Å²) in [6.45, 7) is 4.00. The van der Waals surface area contributed by atoms with E-state index >= 15 is 0 Å². The van der Waals surface area contributed by atoms with E-state index in [0.29, 0.717) is 0 Å². The number of aromatic nitrogens is 1. The summed E-state index contributed by atoms with van der Waals surface area (Å²) in [5, 5.41) is 0. The predicted octanol–water partition coefficient (Wildman–Crippen LogP) is 5.47. The van der Waals surface area contributed by atoms with Crippen LogP contribution < -0.4 is 9.47 Å². The first kappa shape index (κ1) is 20.2. The fourth-order valence-corrected chi connectivity index (χ4v) is 2.50. The van der Waals surface area contributed by atoms with Crippen LogP contribution in [0.3, 0.4) is 0 Å². The molecule has 4 heteroatoms. The Morgan fingerprint density at radius 1 is 1.00 bits per heavy atom. The Morgan fingerprint density at radius 2 is 1.85 bits per heavy atom. The van der Waals surface area contributed by atoms with Crippen LogP contribution >= 0.6 is 0 Å². The summed E-state index contributed by atoms with van der Waals surface area (Å²) in [6.07, 6.45) is 12.6. The van der Waals surface area contributed by atoms with Crippen LogP contribution in [0.2, 0.25) is 0 Å². The number of rotatable bonds is 5. The standard InChI is InChI=1S/C21H20N2O2.C2H6/c1-24-18-11-12-21(25-2)17(14-18)10-9-16-6-5-8-20(23-15-16)19-7-3-4-13-22-19;1-2/h3-5,7-15H,6H2,1-2H3;1-2H3/b10-9-;. The monoisotopic (exact) mass is 362 g/mol. The molecule has 2 aromatic rings. The maximum absolute atomic E-state index is 5.41. The molecule has 1 aromatic heterocycles. The molecule has 0 amide bonds. The van der Waals surface area contributed by atoms with Crippen LogP contribution in [0.5, 0.6) is 11.5 Å². The molecule has 1 aliphatic rings. The van der Waals surface area contributed by atoms with E-state index < -0.39 is 0 Å². The Hall–Kier alpha value is -3.14. The SMILES string of the molecule is CC.COc1ccc(OC)c(/C=C\C2=CN=C(c3ccccn3)C=CC2)c1. The number of hydrogen-bond acceptors (Lipinski definition) is 4. The van der Waals surface area contributed by atoms with Gasteiger partial charge >= 0.3 is 0 Å². The van der Waals surface area contributed by atoms with Crippen molar-refractivity contribution in [3.05, 3.63) is 83.9 Å². The van der Waals surface area contributed by atoms with Gasteiger partial charge in [0.1, 0.15) is 11.5 Å². The maximum atomic E-state index is 5.41. The third-order valence-electron chi connectivity index (χ3n) is 3.84. The molecule has 0 atom stereocenters. The molecule has 0 fully saturated rings. The van der Waals surface area contributed by atoms with E-state index in [9.17, 15) is 0 Å². The van der Waals surface area contributed by atoms with Crippen molar-refractivity contribution in [2.24, 2.45) is 4.99 Å². The van der Waals surface area contributed by atoms with Gasteiger partial charge in [0.05, 0.1) is 25.6 Å². The minimum Gasteiger partial charge on any atom is -0.497 e. The Labute approximate surface area is 161 Å². The summed E-state index contributed by atoms with van der Waals surface area (Å²) in [4.78, 5) is 8.91. The van der Waals surface area contributed by atoms with Gasteiger partial charge in [0, 0.05) is 18.0 Å². The lowest BCUT2D eigenvalue weighted by molar-refractivity contribution is 0.402. The van der Waals surface area contributed by atoms with Gasteiger partial charge in [-0.1, -0.05) is 38.1 Å². The largest absolute Gasteiger partial charge is 0.497 e. The normalized spacial score (nSPS) is 13.2. The zero-order chi connectivity index (χ0) is 19.5. The van der Waals surface area contributed by atoms with Gasteiger partial charge in [0.25, 0.3) is 0 Å². The van der Waals surface area contributed by atoms with E-state index in [4.69, 9.17) is 9.47 Å². The molecule has 1 aromatic carbocycles. The van der Waals surface area contributed by atoms with Crippen molar-refractivity contribution in [2.75, 3.05) is 14.2 Å². The van der Waals surface area contributed by atoms with Crippen LogP contribution in [-0.2, 0) is 0 Å². The van der Waals surface area contributed by atoms with E-state index in [2.05, 4.69) is 16.1 Å². The molecule has 0 spiro atoms. The highest BCUT2D eigenvalue weighted by molar-refractivity contribution is 6.07. The minimum absolute atomic E-state index is 0.797. The molecule has 3 rings (SSSR count). The molecule has 0 aliphatic carbocycles. The van der Waals surface area contributed by atoms with Crippen molar-refractivity contribution in [2.45, 2.75) is 20.3 Å². The highest BCUT2D eigenvalue weighted by atomic mass is 16.5. The molecule has 2 heterocycles. The highest BCUT2D eigenvalue weighted by Crippen LogP contribution is 2.26. The lowest BCUT2D eigenvalue weighted by Gasteiger charge is -2.07. The number of pyridine rings is 1. The fourth-order valence-electron chi connectivity index (χ4n) is 2.50. The lowest BCUT2D eigenvalue weighted by atomic mass is 10.1. The zero-order valence-corrected chi connectivity index (χ0v) is 16.3. The van der Waals surface area contributed by atoms with Gasteiger partial charge in [-0.2, -0.15) is 0 Å². The average molecular weight is 362 g/mol. The van der Waals surface area contributed by atoms with Gasteiger partial charge in [0.15, 0.2) is 0 Å². The quantitative estimate of drug-likeness (QED) is 0.708. The molecular formula is C23H26N2O2. The van der Waals surface area contributed by atoms with E-state index in [-0.39, 0.29) is 0 Å². The summed E-state index contributed by atoms with van der Waals surface area (Å²) in [5.74, 6) is 1.60. The van der Waals surface area contributed by atoms with E-state index in [1.165, 1.54) is 0 Å². The number of nitrogens with zero attached hydrogens (tertiary/aromatic N) is 2. The van der Waals surface area contributed by atoms with E-state index in [1.54, 1.807) is 20.4 Å². The average Bonchev–Trinajstić information content (AvgIpc) is 3.00. The van der Waals surface area contributed by atoms with Gasteiger partial charge < -0.3 is 9.47 Å². The summed E-state index contributed by atoms with van der Waals surface area (Å²) >= 11 is 0. The topological polar surface area (TPSA) is 43.7 Å². The molecular weight excluding hydrogens is 336 g/mol. The highest BCUT2D eigenvalue weighted by Gasteiger charge is 2.04. The van der Waals surface area contributed by atoms with Crippen LogP contribution in [0.1, 0.15) is 31.5 Å². The lowest BCUT2D eigenvalue weighted by Crippen LogP contribution is -1.98. The van der Waals surface area contributed by atoms with Crippen molar-refractivity contribution in [3.63, 3.8) is 0 Å². The Bertz CT molecular complexity index is 850. The van der Waals surface area contributed by atoms with Crippen LogP contribution in [0.25, 0.3) is 6.08 Å². The number of aliphatic imine (C=N–C) groups is 1. The Balaban J connectivity index is 0.00000126. The summed E-state index contributed by atoms with van der Waals surface area (Å²) in [5.41, 5.74) is 3.80. The number of benzene rings is 1. The van der Waals surface area contributed by atoms with Crippen molar-refractivity contribution in [1.29, 1.82) is 0 Å². The minimum atomic E-state index is 0.797. The van der Waals surface area contributed by atoms with Crippen molar-refractivity contribution in [3.8, 4) is 11.5 Å². The first-order valence-electron chi connectivity index (χ1n) is 9.05. The predicted molar refractivity (Wildman–Crippen MR) is 113 cm³/mol. The van der Waals surface area contributed by atoms with Crippen molar-refractivity contribution < 1.29 is 9.47 Å².